The average molecular weight is 336 g/mol. The number of aromatic amines is 1. The van der Waals surface area contributed by atoms with E-state index in [2.05, 4.69) is 15.0 Å². The highest BCUT2D eigenvalue weighted by Crippen LogP contribution is 2.48. The molecule has 0 radical (unpaired) electrons. The molecule has 0 bridgehead atoms. The van der Waals surface area contributed by atoms with Crippen LogP contribution in [0, 0.1) is 0 Å². The lowest BCUT2D eigenvalue weighted by Gasteiger charge is -2.38. The highest BCUT2D eigenvalue weighted by molar-refractivity contribution is 5.88. The van der Waals surface area contributed by atoms with Gasteiger partial charge >= 0.3 is 0 Å². The normalized spacial score (nSPS) is 26.0. The Balaban J connectivity index is 1.75. The Morgan fingerprint density at radius 2 is 2.21 bits per heavy atom. The van der Waals surface area contributed by atoms with Gasteiger partial charge in [-0.3, -0.25) is 4.79 Å². The molecule has 0 aromatic carbocycles. The van der Waals surface area contributed by atoms with Gasteiger partial charge in [-0.2, -0.15) is 0 Å². The van der Waals surface area contributed by atoms with Crippen LogP contribution < -0.4 is 10.6 Å². The van der Waals surface area contributed by atoms with E-state index in [1.54, 1.807) is 17.2 Å². The van der Waals surface area contributed by atoms with Crippen molar-refractivity contribution in [3.63, 3.8) is 0 Å². The number of carbonyl (C=O) groups is 1. The van der Waals surface area contributed by atoms with Gasteiger partial charge in [-0.25, -0.2) is 18.7 Å². The number of fused-ring (bicyclic) bond motifs is 1. The third-order valence-corrected chi connectivity index (χ3v) is 5.12. The molecule has 1 spiro atoms. The zero-order chi connectivity index (χ0) is 16.9. The monoisotopic (exact) mass is 336 g/mol. The molecule has 2 saturated heterocycles. The summed E-state index contributed by atoms with van der Waals surface area (Å²) in [5.74, 6) is -2.99. The maximum atomic E-state index is 15.0. The number of carbonyl (C=O) groups excluding carboxylic acids is 1. The molecule has 7 nitrogen and oxygen atoms in total. The fraction of sp³-hybridized carbons (Fsp3) is 0.533. The van der Waals surface area contributed by atoms with Crippen molar-refractivity contribution in [2.45, 2.75) is 24.3 Å². The lowest BCUT2D eigenvalue weighted by atomic mass is 9.91. The van der Waals surface area contributed by atoms with E-state index in [0.29, 0.717) is 29.8 Å². The SMILES string of the molecule is NCC(=O)N1CCCC12CN(c1ncnc3[nH]ccc13)CC2(F)F. The Hall–Kier alpha value is -2.29. The number of nitrogens with one attached hydrogen (secondary N) is 1. The number of likely N-dealkylation sites (tertiary alicyclic amines) is 1. The molecule has 0 saturated carbocycles. The number of halogens is 2. The second-order valence-corrected chi connectivity index (χ2v) is 6.38. The first kappa shape index (κ1) is 15.3. The third kappa shape index (κ3) is 1.94. The van der Waals surface area contributed by atoms with E-state index < -0.39 is 23.9 Å². The largest absolute Gasteiger partial charge is 0.347 e. The number of alkyl halides is 2. The first-order valence-corrected chi connectivity index (χ1v) is 7.90. The molecule has 0 aliphatic carbocycles. The Morgan fingerprint density at radius 1 is 1.38 bits per heavy atom. The molecule has 24 heavy (non-hydrogen) atoms. The van der Waals surface area contributed by atoms with Crippen molar-refractivity contribution in [1.82, 2.24) is 19.9 Å². The van der Waals surface area contributed by atoms with Crippen LogP contribution >= 0.6 is 0 Å². The zero-order valence-corrected chi connectivity index (χ0v) is 13.0. The standard InChI is InChI=1S/C15H18F2N6O/c16-15(17)8-22(13-10-2-4-19-12(10)20-9-21-13)7-14(15)3-1-5-23(14)11(24)6-18/h2,4,9H,1,3,5-8,18H2,(H,19,20,21). The highest BCUT2D eigenvalue weighted by atomic mass is 19.3. The quantitative estimate of drug-likeness (QED) is 0.844. The summed E-state index contributed by atoms with van der Waals surface area (Å²) in [5, 5.41) is 0.694. The molecule has 3 N–H and O–H groups in total. The smallest absolute Gasteiger partial charge is 0.289 e. The molecule has 2 fully saturated rings. The van der Waals surface area contributed by atoms with Crippen LogP contribution in [0.2, 0.25) is 0 Å². The zero-order valence-electron chi connectivity index (χ0n) is 13.0. The molecule has 1 unspecified atom stereocenters. The number of aromatic nitrogens is 3. The van der Waals surface area contributed by atoms with Crippen LogP contribution in [-0.2, 0) is 4.79 Å². The number of H-pyrrole nitrogens is 1. The Labute approximate surface area is 136 Å². The summed E-state index contributed by atoms with van der Waals surface area (Å²) in [6.45, 7) is -0.363. The van der Waals surface area contributed by atoms with Crippen molar-refractivity contribution in [1.29, 1.82) is 0 Å². The van der Waals surface area contributed by atoms with E-state index in [4.69, 9.17) is 5.73 Å². The van der Waals surface area contributed by atoms with E-state index in [-0.39, 0.29) is 19.5 Å². The van der Waals surface area contributed by atoms with E-state index in [1.807, 2.05) is 0 Å². The summed E-state index contributed by atoms with van der Waals surface area (Å²) in [5.41, 5.74) is 4.52. The van der Waals surface area contributed by atoms with Gasteiger partial charge in [0, 0.05) is 19.3 Å². The van der Waals surface area contributed by atoms with E-state index >= 15 is 0 Å². The summed E-state index contributed by atoms with van der Waals surface area (Å²) in [6.07, 6.45) is 3.88. The fourth-order valence-electron chi connectivity index (χ4n) is 4.03. The minimum atomic E-state index is -3.03. The Morgan fingerprint density at radius 3 is 3.00 bits per heavy atom. The Kier molecular flexibility index (Phi) is 3.24. The molecule has 9 heteroatoms. The number of anilines is 1. The summed E-state index contributed by atoms with van der Waals surface area (Å²) in [7, 11) is 0. The first-order chi connectivity index (χ1) is 11.5. The molecule has 2 aromatic rings. The fourth-order valence-corrected chi connectivity index (χ4v) is 4.03. The van der Waals surface area contributed by atoms with Crippen LogP contribution in [-0.4, -0.2) is 63.4 Å². The molecule has 4 rings (SSSR count). The second kappa shape index (κ2) is 5.10. The van der Waals surface area contributed by atoms with Crippen LogP contribution in [0.5, 0.6) is 0 Å². The molecule has 2 aromatic heterocycles. The van der Waals surface area contributed by atoms with Gasteiger partial charge in [-0.1, -0.05) is 0 Å². The van der Waals surface area contributed by atoms with Gasteiger partial charge < -0.3 is 20.5 Å². The number of rotatable bonds is 2. The molecule has 2 aliphatic heterocycles. The van der Waals surface area contributed by atoms with Gasteiger partial charge in [0.2, 0.25) is 5.91 Å². The van der Waals surface area contributed by atoms with Gasteiger partial charge in [0.1, 0.15) is 23.3 Å². The molecule has 2 aliphatic rings. The Bertz CT molecular complexity index is 793. The van der Waals surface area contributed by atoms with E-state index in [0.717, 1.165) is 0 Å². The molecule has 1 atom stereocenters. The van der Waals surface area contributed by atoms with Crippen molar-refractivity contribution >= 4 is 22.8 Å². The predicted octanol–water partition coefficient (Wildman–Crippen LogP) is 0.733. The van der Waals surface area contributed by atoms with Crippen LogP contribution in [0.15, 0.2) is 18.6 Å². The minimum absolute atomic E-state index is 0.0447. The van der Waals surface area contributed by atoms with Gasteiger partial charge in [-0.05, 0) is 18.9 Å². The molecule has 4 heterocycles. The van der Waals surface area contributed by atoms with Gasteiger partial charge in [0.05, 0.1) is 18.5 Å². The maximum Gasteiger partial charge on any atom is 0.289 e. The van der Waals surface area contributed by atoms with Crippen molar-refractivity contribution in [2.75, 3.05) is 31.1 Å². The van der Waals surface area contributed by atoms with E-state index in [1.165, 1.54) is 11.2 Å². The lowest BCUT2D eigenvalue weighted by molar-refractivity contribution is -0.148. The van der Waals surface area contributed by atoms with Crippen LogP contribution in [0.3, 0.4) is 0 Å². The summed E-state index contributed by atoms with van der Waals surface area (Å²) in [4.78, 5) is 26.2. The summed E-state index contributed by atoms with van der Waals surface area (Å²) in [6, 6.07) is 1.77. The van der Waals surface area contributed by atoms with Crippen molar-refractivity contribution in [3.05, 3.63) is 18.6 Å². The van der Waals surface area contributed by atoms with Crippen molar-refractivity contribution in [3.8, 4) is 0 Å². The molecule has 1 amide bonds. The summed E-state index contributed by atoms with van der Waals surface area (Å²) >= 11 is 0. The van der Waals surface area contributed by atoms with Crippen LogP contribution in [0.4, 0.5) is 14.6 Å². The molecular formula is C15H18F2N6O. The first-order valence-electron chi connectivity index (χ1n) is 7.90. The lowest BCUT2D eigenvalue weighted by Crippen LogP contribution is -2.59. The molecule has 128 valence electrons. The predicted molar refractivity (Wildman–Crippen MR) is 83.8 cm³/mol. The second-order valence-electron chi connectivity index (χ2n) is 6.38. The number of nitrogens with zero attached hydrogens (tertiary/aromatic N) is 4. The van der Waals surface area contributed by atoms with E-state index in [9.17, 15) is 13.6 Å². The summed E-state index contributed by atoms with van der Waals surface area (Å²) < 4.78 is 30.0. The van der Waals surface area contributed by atoms with Gasteiger partial charge in [0.15, 0.2) is 0 Å². The van der Waals surface area contributed by atoms with Crippen molar-refractivity contribution < 1.29 is 13.6 Å². The third-order valence-electron chi connectivity index (χ3n) is 5.12. The van der Waals surface area contributed by atoms with Crippen LogP contribution in [0.1, 0.15) is 12.8 Å². The van der Waals surface area contributed by atoms with Gasteiger partial charge in [-0.15, -0.1) is 0 Å². The number of hydrogen-bond donors (Lipinski definition) is 2. The minimum Gasteiger partial charge on any atom is -0.347 e. The number of nitrogens with two attached hydrogens (primary N) is 1. The average Bonchev–Trinajstić information content (AvgIpc) is 3.25. The highest BCUT2D eigenvalue weighted by Gasteiger charge is 2.66. The number of amides is 1. The topological polar surface area (TPSA) is 91.1 Å². The van der Waals surface area contributed by atoms with Gasteiger partial charge in [0.25, 0.3) is 5.92 Å². The number of hydrogen-bond acceptors (Lipinski definition) is 5. The van der Waals surface area contributed by atoms with Crippen LogP contribution in [0.25, 0.3) is 11.0 Å². The molecular weight excluding hydrogens is 318 g/mol. The maximum absolute atomic E-state index is 15.0. The van der Waals surface area contributed by atoms with Crippen molar-refractivity contribution in [2.24, 2.45) is 5.73 Å².